The van der Waals surface area contributed by atoms with E-state index in [9.17, 15) is 9.59 Å². The number of para-hydroxylation sites is 1. The number of hydrogen-bond acceptors (Lipinski definition) is 10. The number of amides is 2. The first-order valence-corrected chi connectivity index (χ1v) is 11.1. The van der Waals surface area contributed by atoms with Crippen LogP contribution in [0.4, 0.5) is 16.7 Å². The Balaban J connectivity index is 1.41. The van der Waals surface area contributed by atoms with E-state index in [4.69, 9.17) is 4.74 Å². The van der Waals surface area contributed by atoms with E-state index in [-0.39, 0.29) is 4.91 Å². The number of carbonyl (C=O) groups is 2. The lowest BCUT2D eigenvalue weighted by Gasteiger charge is -2.34. The molecule has 33 heavy (non-hydrogen) atoms. The van der Waals surface area contributed by atoms with Crippen molar-refractivity contribution in [3.05, 3.63) is 65.5 Å². The Labute approximate surface area is 193 Å². The fourth-order valence-electron chi connectivity index (χ4n) is 3.42. The molecule has 0 aliphatic carbocycles. The van der Waals surface area contributed by atoms with Gasteiger partial charge in [0.05, 0.1) is 10.6 Å². The molecule has 2 aliphatic heterocycles. The van der Waals surface area contributed by atoms with Crippen LogP contribution in [0.2, 0.25) is 0 Å². The Kier molecular flexibility index (Phi) is 5.85. The van der Waals surface area contributed by atoms with Crippen LogP contribution in [0.3, 0.4) is 0 Å². The highest BCUT2D eigenvalue weighted by Crippen LogP contribution is 2.28. The summed E-state index contributed by atoms with van der Waals surface area (Å²) in [4.78, 5) is 45.8. The highest BCUT2D eigenvalue weighted by Gasteiger charge is 2.26. The van der Waals surface area contributed by atoms with Gasteiger partial charge >= 0.3 is 0 Å². The van der Waals surface area contributed by atoms with E-state index in [1.165, 1.54) is 0 Å². The topological polar surface area (TPSA) is 113 Å². The minimum Gasteiger partial charge on any atom is -0.439 e. The fraction of sp³-hybridized carbons (Fsp3) is 0.182. The second-order valence-corrected chi connectivity index (χ2v) is 8.24. The molecule has 2 amide bonds. The molecule has 4 heterocycles. The number of hydrogen-bond donors (Lipinski definition) is 1. The summed E-state index contributed by atoms with van der Waals surface area (Å²) in [5.41, 5.74) is 0.479. The van der Waals surface area contributed by atoms with E-state index in [1.807, 2.05) is 35.2 Å². The standard InChI is InChI=1S/C22H19N7O3S/c30-19-17(33-22(31)27-19)13-15-14-18(32-16-5-2-1-3-6-16)26-21(25-15)29-11-9-28(10-12-29)20-23-7-4-8-24-20/h1-8,13-14H,9-12H2,(H,27,30,31)/b17-13+. The number of aromatic nitrogens is 4. The lowest BCUT2D eigenvalue weighted by molar-refractivity contribution is -0.115. The Hall–Kier alpha value is -3.99. The van der Waals surface area contributed by atoms with Crippen molar-refractivity contribution in [1.29, 1.82) is 0 Å². The van der Waals surface area contributed by atoms with Crippen LogP contribution in [0.1, 0.15) is 5.69 Å². The molecule has 0 unspecified atom stereocenters. The SMILES string of the molecule is O=C1NC(=O)/C(=C\c2cc(Oc3ccccc3)nc(N3CCN(c4ncccn4)CC3)n2)S1. The minimum absolute atomic E-state index is 0.279. The average molecular weight is 462 g/mol. The van der Waals surface area contributed by atoms with Crippen LogP contribution in [0.15, 0.2) is 59.8 Å². The molecule has 1 aromatic carbocycles. The summed E-state index contributed by atoms with van der Waals surface area (Å²) in [6, 6.07) is 12.7. The molecule has 0 bridgehead atoms. The van der Waals surface area contributed by atoms with E-state index in [0.717, 1.165) is 11.8 Å². The number of ether oxygens (including phenoxy) is 1. The first-order valence-electron chi connectivity index (χ1n) is 10.3. The molecule has 11 heteroatoms. The lowest BCUT2D eigenvalue weighted by atomic mass is 10.3. The molecule has 2 aromatic heterocycles. The van der Waals surface area contributed by atoms with E-state index in [1.54, 1.807) is 30.6 Å². The van der Waals surface area contributed by atoms with Gasteiger partial charge in [-0.3, -0.25) is 14.9 Å². The van der Waals surface area contributed by atoms with Gasteiger partial charge in [0.2, 0.25) is 17.8 Å². The van der Waals surface area contributed by atoms with Crippen LogP contribution in [0.25, 0.3) is 6.08 Å². The summed E-state index contributed by atoms with van der Waals surface area (Å²) in [5.74, 6) is 1.72. The summed E-state index contributed by atoms with van der Waals surface area (Å²) >= 11 is 0.844. The monoisotopic (exact) mass is 461 g/mol. The summed E-state index contributed by atoms with van der Waals surface area (Å²) in [5, 5.41) is 1.85. The van der Waals surface area contributed by atoms with E-state index >= 15 is 0 Å². The van der Waals surface area contributed by atoms with Crippen LogP contribution >= 0.6 is 11.8 Å². The number of imide groups is 1. The van der Waals surface area contributed by atoms with Crippen molar-refractivity contribution in [2.75, 3.05) is 36.0 Å². The van der Waals surface area contributed by atoms with E-state index in [0.29, 0.717) is 55.4 Å². The van der Waals surface area contributed by atoms with Gasteiger partial charge in [0.1, 0.15) is 5.75 Å². The third-order valence-corrected chi connectivity index (χ3v) is 5.81. The normalized spacial score (nSPS) is 17.4. The molecule has 5 rings (SSSR count). The van der Waals surface area contributed by atoms with E-state index in [2.05, 4.69) is 30.2 Å². The third-order valence-electron chi connectivity index (χ3n) is 4.99. The van der Waals surface area contributed by atoms with Gasteiger partial charge in [0.25, 0.3) is 11.1 Å². The van der Waals surface area contributed by atoms with Crippen LogP contribution in [0, 0.1) is 0 Å². The van der Waals surface area contributed by atoms with Crippen molar-refractivity contribution >= 4 is 40.9 Å². The minimum atomic E-state index is -0.438. The maximum absolute atomic E-state index is 12.0. The van der Waals surface area contributed by atoms with Crippen LogP contribution in [-0.2, 0) is 4.79 Å². The molecule has 0 atom stereocenters. The number of piperazine rings is 1. The highest BCUT2D eigenvalue weighted by molar-refractivity contribution is 8.18. The smallest absolute Gasteiger partial charge is 0.290 e. The summed E-state index contributed by atoms with van der Waals surface area (Å²) < 4.78 is 5.94. The molecule has 0 spiro atoms. The molecule has 3 aromatic rings. The second kappa shape index (κ2) is 9.25. The van der Waals surface area contributed by atoms with Gasteiger partial charge in [-0.1, -0.05) is 18.2 Å². The van der Waals surface area contributed by atoms with Gasteiger partial charge in [-0.15, -0.1) is 0 Å². The number of thioether (sulfide) groups is 1. The Morgan fingerprint density at radius 1 is 0.909 bits per heavy atom. The van der Waals surface area contributed by atoms with Crippen molar-refractivity contribution in [2.24, 2.45) is 0 Å². The van der Waals surface area contributed by atoms with Crippen LogP contribution in [0.5, 0.6) is 11.6 Å². The van der Waals surface area contributed by atoms with Crippen LogP contribution in [-0.4, -0.2) is 57.3 Å². The molecule has 2 saturated heterocycles. The number of anilines is 2. The van der Waals surface area contributed by atoms with Gasteiger partial charge < -0.3 is 14.5 Å². The zero-order valence-corrected chi connectivity index (χ0v) is 18.2. The molecule has 2 fully saturated rings. The van der Waals surface area contributed by atoms with Crippen molar-refractivity contribution in [3.8, 4) is 11.6 Å². The molecule has 0 radical (unpaired) electrons. The quantitative estimate of drug-likeness (QED) is 0.569. The Morgan fingerprint density at radius 3 is 2.27 bits per heavy atom. The number of nitrogens with zero attached hydrogens (tertiary/aromatic N) is 6. The Bertz CT molecular complexity index is 1200. The molecular weight excluding hydrogens is 442 g/mol. The maximum Gasteiger partial charge on any atom is 0.290 e. The predicted octanol–water partition coefficient (Wildman–Crippen LogP) is 2.71. The number of rotatable bonds is 5. The second-order valence-electron chi connectivity index (χ2n) is 7.22. The zero-order chi connectivity index (χ0) is 22.6. The molecule has 0 saturated carbocycles. The van der Waals surface area contributed by atoms with Gasteiger partial charge in [-0.25, -0.2) is 15.0 Å². The maximum atomic E-state index is 12.0. The first-order chi connectivity index (χ1) is 16.1. The summed E-state index contributed by atoms with van der Waals surface area (Å²) in [6.45, 7) is 2.74. The molecule has 2 aliphatic rings. The van der Waals surface area contributed by atoms with Gasteiger partial charge in [0, 0.05) is 44.6 Å². The summed E-state index contributed by atoms with van der Waals surface area (Å²) in [6.07, 6.45) is 5.02. The molecular formula is C22H19N7O3S. The number of carbonyl (C=O) groups excluding carboxylic acids is 2. The van der Waals surface area contributed by atoms with Gasteiger partial charge in [-0.2, -0.15) is 4.98 Å². The molecule has 10 nitrogen and oxygen atoms in total. The summed E-state index contributed by atoms with van der Waals surface area (Å²) in [7, 11) is 0. The average Bonchev–Trinajstić information content (AvgIpc) is 3.16. The molecule has 1 N–H and O–H groups in total. The zero-order valence-electron chi connectivity index (χ0n) is 17.4. The lowest BCUT2D eigenvalue weighted by Crippen LogP contribution is -2.47. The third kappa shape index (κ3) is 4.93. The van der Waals surface area contributed by atoms with Gasteiger partial charge in [-0.05, 0) is 36.0 Å². The highest BCUT2D eigenvalue weighted by atomic mass is 32.2. The largest absolute Gasteiger partial charge is 0.439 e. The first kappa shape index (κ1) is 20.9. The number of nitrogens with one attached hydrogen (secondary N) is 1. The van der Waals surface area contributed by atoms with Crippen molar-refractivity contribution in [2.45, 2.75) is 0 Å². The predicted molar refractivity (Wildman–Crippen MR) is 124 cm³/mol. The van der Waals surface area contributed by atoms with Gasteiger partial charge in [0.15, 0.2) is 0 Å². The Morgan fingerprint density at radius 2 is 1.61 bits per heavy atom. The van der Waals surface area contributed by atoms with Crippen molar-refractivity contribution in [3.63, 3.8) is 0 Å². The fourth-order valence-corrected chi connectivity index (χ4v) is 4.09. The van der Waals surface area contributed by atoms with E-state index < -0.39 is 11.1 Å². The number of benzene rings is 1. The molecule has 166 valence electrons. The van der Waals surface area contributed by atoms with Crippen molar-refractivity contribution < 1.29 is 14.3 Å². The van der Waals surface area contributed by atoms with Crippen molar-refractivity contribution in [1.82, 2.24) is 25.3 Å². The van der Waals surface area contributed by atoms with Crippen LogP contribution < -0.4 is 19.9 Å².